The van der Waals surface area contributed by atoms with Crippen LogP contribution in [0, 0.1) is 5.41 Å². The van der Waals surface area contributed by atoms with Crippen LogP contribution in [-0.2, 0) is 10.0 Å². The van der Waals surface area contributed by atoms with Gasteiger partial charge < -0.3 is 10.8 Å². The van der Waals surface area contributed by atoms with E-state index in [2.05, 4.69) is 20.7 Å². The maximum atomic E-state index is 12.2. The lowest BCUT2D eigenvalue weighted by molar-refractivity contribution is -0.0645. The molecule has 0 heterocycles. The molecule has 0 aromatic heterocycles. The van der Waals surface area contributed by atoms with Gasteiger partial charge in [0.2, 0.25) is 10.0 Å². The molecule has 106 valence electrons. The first-order valence-electron chi connectivity index (χ1n) is 5.90. The largest absolute Gasteiger partial charge is 0.398 e. The number of halogens is 1. The van der Waals surface area contributed by atoms with Gasteiger partial charge in [-0.2, -0.15) is 0 Å². The summed E-state index contributed by atoms with van der Waals surface area (Å²) < 4.78 is 27.7. The van der Waals surface area contributed by atoms with Gasteiger partial charge in [0.15, 0.2) is 0 Å². The number of aliphatic hydroxyl groups is 1. The molecule has 5 nitrogen and oxygen atoms in total. The van der Waals surface area contributed by atoms with Crippen LogP contribution in [0.25, 0.3) is 0 Å². The fourth-order valence-corrected chi connectivity index (χ4v) is 3.73. The Morgan fingerprint density at radius 2 is 2.11 bits per heavy atom. The molecule has 1 aliphatic carbocycles. The van der Waals surface area contributed by atoms with Gasteiger partial charge in [0.05, 0.1) is 11.0 Å². The molecule has 4 N–H and O–H groups in total. The predicted molar refractivity (Wildman–Crippen MR) is 77.1 cm³/mol. The maximum Gasteiger partial charge on any atom is 0.240 e. The molecule has 0 aliphatic heterocycles. The SMILES string of the molecule is CC1(C)C(O)CC1NS(=O)(=O)c1ccc(Br)c(N)c1. The highest BCUT2D eigenvalue weighted by atomic mass is 79.9. The quantitative estimate of drug-likeness (QED) is 0.721. The summed E-state index contributed by atoms with van der Waals surface area (Å²) in [6, 6.07) is 4.24. The van der Waals surface area contributed by atoms with Crippen molar-refractivity contribution in [2.24, 2.45) is 5.41 Å². The van der Waals surface area contributed by atoms with Crippen molar-refractivity contribution in [3.63, 3.8) is 0 Å². The lowest BCUT2D eigenvalue weighted by Gasteiger charge is -2.49. The maximum absolute atomic E-state index is 12.2. The summed E-state index contributed by atoms with van der Waals surface area (Å²) in [5.41, 5.74) is 5.61. The van der Waals surface area contributed by atoms with E-state index in [9.17, 15) is 13.5 Å². The third-order valence-corrected chi connectivity index (χ3v) is 5.98. The molecule has 0 radical (unpaired) electrons. The molecule has 0 amide bonds. The first-order chi connectivity index (χ1) is 8.64. The van der Waals surface area contributed by atoms with Gasteiger partial charge in [0, 0.05) is 21.6 Å². The summed E-state index contributed by atoms with van der Waals surface area (Å²) in [5, 5.41) is 9.63. The normalized spacial score (nSPS) is 25.9. The van der Waals surface area contributed by atoms with Gasteiger partial charge in [-0.3, -0.25) is 0 Å². The highest BCUT2D eigenvalue weighted by molar-refractivity contribution is 9.10. The second kappa shape index (κ2) is 4.73. The van der Waals surface area contributed by atoms with E-state index in [1.165, 1.54) is 12.1 Å². The lowest BCUT2D eigenvalue weighted by Crippen LogP contribution is -2.61. The van der Waals surface area contributed by atoms with Crippen LogP contribution in [0.5, 0.6) is 0 Å². The standard InChI is InChI=1S/C12H17BrN2O3S/c1-12(2)10(6-11(12)16)15-19(17,18)7-3-4-8(13)9(14)5-7/h3-5,10-11,15-16H,6,14H2,1-2H3. The van der Waals surface area contributed by atoms with Crippen molar-refractivity contribution in [2.75, 3.05) is 5.73 Å². The average molecular weight is 349 g/mol. The molecule has 7 heteroatoms. The smallest absolute Gasteiger partial charge is 0.240 e. The Kier molecular flexibility index (Phi) is 3.68. The number of nitrogen functional groups attached to an aromatic ring is 1. The van der Waals surface area contributed by atoms with Crippen molar-refractivity contribution in [2.45, 2.75) is 37.3 Å². The Hall–Kier alpha value is -0.630. The zero-order valence-electron chi connectivity index (χ0n) is 10.7. The molecule has 0 spiro atoms. The Morgan fingerprint density at radius 3 is 2.58 bits per heavy atom. The van der Waals surface area contributed by atoms with E-state index in [-0.39, 0.29) is 10.9 Å². The third kappa shape index (κ3) is 2.65. The summed E-state index contributed by atoms with van der Waals surface area (Å²) in [7, 11) is -3.62. The van der Waals surface area contributed by atoms with E-state index in [1.807, 2.05) is 13.8 Å². The van der Waals surface area contributed by atoms with Crippen LogP contribution in [0.2, 0.25) is 0 Å². The minimum atomic E-state index is -3.62. The molecule has 1 aromatic rings. The monoisotopic (exact) mass is 348 g/mol. The number of nitrogens with one attached hydrogen (secondary N) is 1. The summed E-state index contributed by atoms with van der Waals surface area (Å²) in [5.74, 6) is 0. The molecule has 0 saturated heterocycles. The van der Waals surface area contributed by atoms with Crippen LogP contribution < -0.4 is 10.5 Å². The van der Waals surface area contributed by atoms with Gasteiger partial charge in [-0.1, -0.05) is 13.8 Å². The van der Waals surface area contributed by atoms with Gasteiger partial charge in [-0.05, 0) is 40.5 Å². The van der Waals surface area contributed by atoms with Crippen LogP contribution >= 0.6 is 15.9 Å². The Balaban J connectivity index is 2.22. The highest BCUT2D eigenvalue weighted by Gasteiger charge is 2.48. The van der Waals surface area contributed by atoms with Gasteiger partial charge in [0.25, 0.3) is 0 Å². The zero-order chi connectivity index (χ0) is 14.4. The molecule has 2 unspecified atom stereocenters. The van der Waals surface area contributed by atoms with E-state index < -0.39 is 21.5 Å². The molecule has 2 rings (SSSR count). The van der Waals surface area contributed by atoms with Crippen molar-refractivity contribution in [3.05, 3.63) is 22.7 Å². The van der Waals surface area contributed by atoms with Crippen LogP contribution in [0.1, 0.15) is 20.3 Å². The summed E-state index contributed by atoms with van der Waals surface area (Å²) in [6.45, 7) is 3.68. The molecule has 1 saturated carbocycles. The summed E-state index contributed by atoms with van der Waals surface area (Å²) >= 11 is 3.22. The topological polar surface area (TPSA) is 92.4 Å². The van der Waals surface area contributed by atoms with Crippen molar-refractivity contribution in [1.29, 1.82) is 0 Å². The fourth-order valence-electron chi connectivity index (χ4n) is 2.05. The highest BCUT2D eigenvalue weighted by Crippen LogP contribution is 2.41. The number of aliphatic hydroxyl groups excluding tert-OH is 1. The summed E-state index contributed by atoms with van der Waals surface area (Å²) in [4.78, 5) is 0.130. The zero-order valence-corrected chi connectivity index (χ0v) is 13.1. The first-order valence-corrected chi connectivity index (χ1v) is 8.17. The molecule has 2 atom stereocenters. The average Bonchev–Trinajstić information content (AvgIpc) is 2.32. The second-order valence-electron chi connectivity index (χ2n) is 5.43. The van der Waals surface area contributed by atoms with Gasteiger partial charge in [-0.25, -0.2) is 13.1 Å². The van der Waals surface area contributed by atoms with Gasteiger partial charge in [-0.15, -0.1) is 0 Å². The Morgan fingerprint density at radius 1 is 1.47 bits per heavy atom. The van der Waals surface area contributed by atoms with Crippen molar-refractivity contribution < 1.29 is 13.5 Å². The predicted octanol–water partition coefficient (Wildman–Crippen LogP) is 1.47. The van der Waals surface area contributed by atoms with E-state index >= 15 is 0 Å². The Labute approximate surface area is 121 Å². The fraction of sp³-hybridized carbons (Fsp3) is 0.500. The number of sulfonamides is 1. The Bertz CT molecular complexity index is 601. The number of hydrogen-bond donors (Lipinski definition) is 3. The molecule has 19 heavy (non-hydrogen) atoms. The number of rotatable bonds is 3. The van der Waals surface area contributed by atoms with Crippen molar-refractivity contribution >= 4 is 31.6 Å². The molecular formula is C12H17BrN2O3S. The number of anilines is 1. The van der Waals surface area contributed by atoms with E-state index in [4.69, 9.17) is 5.73 Å². The van der Waals surface area contributed by atoms with Gasteiger partial charge >= 0.3 is 0 Å². The molecular weight excluding hydrogens is 332 g/mol. The number of nitrogens with two attached hydrogens (primary N) is 1. The van der Waals surface area contributed by atoms with E-state index in [1.54, 1.807) is 6.07 Å². The van der Waals surface area contributed by atoms with Crippen LogP contribution in [0.4, 0.5) is 5.69 Å². The van der Waals surface area contributed by atoms with Crippen molar-refractivity contribution in [3.8, 4) is 0 Å². The van der Waals surface area contributed by atoms with E-state index in [0.29, 0.717) is 16.6 Å². The summed E-state index contributed by atoms with van der Waals surface area (Å²) in [6.07, 6.45) is -0.0479. The number of benzene rings is 1. The van der Waals surface area contributed by atoms with E-state index in [0.717, 1.165) is 0 Å². The molecule has 1 aliphatic rings. The van der Waals surface area contributed by atoms with Crippen LogP contribution in [0.3, 0.4) is 0 Å². The molecule has 0 bridgehead atoms. The lowest BCUT2D eigenvalue weighted by atomic mass is 9.65. The van der Waals surface area contributed by atoms with Gasteiger partial charge in [0.1, 0.15) is 0 Å². The minimum Gasteiger partial charge on any atom is -0.398 e. The number of hydrogen-bond acceptors (Lipinski definition) is 4. The second-order valence-corrected chi connectivity index (χ2v) is 8.00. The molecule has 1 fully saturated rings. The third-order valence-electron chi connectivity index (χ3n) is 3.79. The van der Waals surface area contributed by atoms with Crippen molar-refractivity contribution in [1.82, 2.24) is 4.72 Å². The molecule has 1 aromatic carbocycles. The van der Waals surface area contributed by atoms with Crippen LogP contribution in [-0.4, -0.2) is 25.7 Å². The first kappa shape index (κ1) is 14.8. The minimum absolute atomic E-state index is 0.130. The van der Waals surface area contributed by atoms with Crippen LogP contribution in [0.15, 0.2) is 27.6 Å².